The second-order valence-electron chi connectivity index (χ2n) is 6.06. The number of rotatable bonds is 4. The van der Waals surface area contributed by atoms with Gasteiger partial charge in [-0.15, -0.1) is 11.3 Å². The SMILES string of the molecule is Cc1nc2n(n1)C[C@@H](NC(=O)NC[C@@H](C)c1ncc(C)s1)CC2. The van der Waals surface area contributed by atoms with E-state index in [1.165, 1.54) is 4.88 Å². The van der Waals surface area contributed by atoms with Gasteiger partial charge in [0.2, 0.25) is 0 Å². The van der Waals surface area contributed by atoms with Gasteiger partial charge in [0.1, 0.15) is 11.6 Å². The molecule has 23 heavy (non-hydrogen) atoms. The second kappa shape index (κ2) is 6.66. The zero-order chi connectivity index (χ0) is 16.4. The Morgan fingerprint density at radius 1 is 1.52 bits per heavy atom. The minimum atomic E-state index is -0.129. The Balaban J connectivity index is 1.46. The van der Waals surface area contributed by atoms with Crippen LogP contribution in [0.4, 0.5) is 4.79 Å². The lowest BCUT2D eigenvalue weighted by atomic mass is 10.1. The number of nitrogens with zero attached hydrogens (tertiary/aromatic N) is 4. The van der Waals surface area contributed by atoms with E-state index in [4.69, 9.17) is 0 Å². The van der Waals surface area contributed by atoms with Crippen molar-refractivity contribution in [3.63, 3.8) is 0 Å². The van der Waals surface area contributed by atoms with Gasteiger partial charge in [-0.3, -0.25) is 0 Å². The molecule has 3 heterocycles. The highest BCUT2D eigenvalue weighted by atomic mass is 32.1. The maximum absolute atomic E-state index is 12.1. The average Bonchev–Trinajstić information content (AvgIpc) is 3.09. The van der Waals surface area contributed by atoms with Crippen LogP contribution < -0.4 is 10.6 Å². The van der Waals surface area contributed by atoms with Crippen molar-refractivity contribution in [2.24, 2.45) is 0 Å². The zero-order valence-electron chi connectivity index (χ0n) is 13.7. The normalized spacial score (nSPS) is 18.3. The van der Waals surface area contributed by atoms with E-state index in [0.717, 1.165) is 29.5 Å². The highest BCUT2D eigenvalue weighted by Gasteiger charge is 2.22. The summed E-state index contributed by atoms with van der Waals surface area (Å²) in [6.45, 7) is 7.27. The van der Waals surface area contributed by atoms with Gasteiger partial charge in [-0.25, -0.2) is 19.4 Å². The fraction of sp³-hybridized carbons (Fsp3) is 0.600. The van der Waals surface area contributed by atoms with Gasteiger partial charge in [0.25, 0.3) is 0 Å². The molecule has 1 aliphatic rings. The molecular weight excluding hydrogens is 312 g/mol. The number of amides is 2. The third-order valence-corrected chi connectivity index (χ3v) is 5.07. The standard InChI is InChI=1S/C15H22N6OS/c1-9(14-16-7-10(2)23-14)6-17-15(22)19-12-4-5-13-18-11(3)20-21(13)8-12/h7,9,12H,4-6,8H2,1-3H3,(H2,17,19,22)/t9-,12+/m1/s1. The lowest BCUT2D eigenvalue weighted by Gasteiger charge is -2.24. The third kappa shape index (κ3) is 3.87. The van der Waals surface area contributed by atoms with Crippen molar-refractivity contribution in [2.75, 3.05) is 6.54 Å². The number of thiazole rings is 1. The van der Waals surface area contributed by atoms with Crippen molar-refractivity contribution in [2.45, 2.75) is 52.1 Å². The lowest BCUT2D eigenvalue weighted by Crippen LogP contribution is -2.46. The molecule has 2 atom stereocenters. The predicted octanol–water partition coefficient (Wildman–Crippen LogP) is 1.77. The molecule has 2 aromatic heterocycles. The number of hydrogen-bond acceptors (Lipinski definition) is 5. The number of carbonyl (C=O) groups excluding carboxylic acids is 1. The first-order chi connectivity index (χ1) is 11.0. The summed E-state index contributed by atoms with van der Waals surface area (Å²) in [5.74, 6) is 2.02. The van der Waals surface area contributed by atoms with Crippen LogP contribution in [0.15, 0.2) is 6.20 Å². The molecule has 0 saturated carbocycles. The smallest absolute Gasteiger partial charge is 0.315 e. The topological polar surface area (TPSA) is 84.7 Å². The van der Waals surface area contributed by atoms with Crippen molar-refractivity contribution in [1.82, 2.24) is 30.4 Å². The van der Waals surface area contributed by atoms with Crippen LogP contribution in [0.25, 0.3) is 0 Å². The lowest BCUT2D eigenvalue weighted by molar-refractivity contribution is 0.231. The monoisotopic (exact) mass is 334 g/mol. The summed E-state index contributed by atoms with van der Waals surface area (Å²) in [6, 6.07) is -0.0311. The molecular formula is C15H22N6OS. The molecule has 0 saturated heterocycles. The van der Waals surface area contributed by atoms with E-state index in [2.05, 4.69) is 32.6 Å². The summed E-state index contributed by atoms with van der Waals surface area (Å²) < 4.78 is 1.89. The van der Waals surface area contributed by atoms with Crippen molar-refractivity contribution >= 4 is 17.4 Å². The second-order valence-corrected chi connectivity index (χ2v) is 7.32. The summed E-state index contributed by atoms with van der Waals surface area (Å²) in [5, 5.41) is 11.4. The first kappa shape index (κ1) is 15.9. The largest absolute Gasteiger partial charge is 0.337 e. The van der Waals surface area contributed by atoms with Crippen LogP contribution in [-0.2, 0) is 13.0 Å². The fourth-order valence-corrected chi connectivity index (χ4v) is 3.55. The molecule has 124 valence electrons. The van der Waals surface area contributed by atoms with E-state index in [0.29, 0.717) is 13.1 Å². The molecule has 2 amide bonds. The van der Waals surface area contributed by atoms with Gasteiger partial charge < -0.3 is 10.6 Å². The molecule has 0 radical (unpaired) electrons. The summed E-state index contributed by atoms with van der Waals surface area (Å²) in [5.41, 5.74) is 0. The highest BCUT2D eigenvalue weighted by Crippen LogP contribution is 2.20. The molecule has 0 aromatic carbocycles. The Morgan fingerprint density at radius 3 is 3.09 bits per heavy atom. The van der Waals surface area contributed by atoms with E-state index >= 15 is 0 Å². The average molecular weight is 334 g/mol. The van der Waals surface area contributed by atoms with Gasteiger partial charge in [0.05, 0.1) is 17.6 Å². The molecule has 0 spiro atoms. The van der Waals surface area contributed by atoms with E-state index in [9.17, 15) is 4.79 Å². The maximum atomic E-state index is 12.1. The van der Waals surface area contributed by atoms with Crippen molar-refractivity contribution < 1.29 is 4.79 Å². The van der Waals surface area contributed by atoms with Crippen LogP contribution in [0, 0.1) is 13.8 Å². The predicted molar refractivity (Wildman–Crippen MR) is 88.7 cm³/mol. The zero-order valence-corrected chi connectivity index (χ0v) is 14.5. The van der Waals surface area contributed by atoms with Gasteiger partial charge in [-0.1, -0.05) is 6.92 Å². The Hall–Kier alpha value is -1.96. The molecule has 0 fully saturated rings. The highest BCUT2D eigenvalue weighted by molar-refractivity contribution is 7.11. The van der Waals surface area contributed by atoms with Crippen molar-refractivity contribution in [3.05, 3.63) is 27.7 Å². The Kier molecular flexibility index (Phi) is 4.61. The van der Waals surface area contributed by atoms with Crippen LogP contribution in [-0.4, -0.2) is 38.4 Å². The van der Waals surface area contributed by atoms with Gasteiger partial charge >= 0.3 is 6.03 Å². The first-order valence-electron chi connectivity index (χ1n) is 7.88. The number of hydrogen-bond donors (Lipinski definition) is 2. The Morgan fingerprint density at radius 2 is 2.35 bits per heavy atom. The molecule has 3 rings (SSSR count). The van der Waals surface area contributed by atoms with Crippen LogP contribution in [0.1, 0.15) is 40.8 Å². The number of nitrogens with one attached hydrogen (secondary N) is 2. The quantitative estimate of drug-likeness (QED) is 0.892. The molecule has 0 unspecified atom stereocenters. The van der Waals surface area contributed by atoms with Crippen molar-refractivity contribution in [1.29, 1.82) is 0 Å². The Bertz CT molecular complexity index is 694. The number of aryl methyl sites for hydroxylation is 3. The van der Waals surface area contributed by atoms with Crippen LogP contribution in [0.3, 0.4) is 0 Å². The summed E-state index contributed by atoms with van der Waals surface area (Å²) in [4.78, 5) is 22.0. The minimum Gasteiger partial charge on any atom is -0.337 e. The maximum Gasteiger partial charge on any atom is 0.315 e. The summed E-state index contributed by atoms with van der Waals surface area (Å²) in [6.07, 6.45) is 3.61. The molecule has 1 aliphatic heterocycles. The molecule has 7 nitrogen and oxygen atoms in total. The number of urea groups is 1. The van der Waals surface area contributed by atoms with Crippen LogP contribution >= 0.6 is 11.3 Å². The third-order valence-electron chi connectivity index (χ3n) is 3.93. The number of aromatic nitrogens is 4. The van der Waals surface area contributed by atoms with E-state index in [-0.39, 0.29) is 18.0 Å². The minimum absolute atomic E-state index is 0.0982. The van der Waals surface area contributed by atoms with E-state index in [1.54, 1.807) is 11.3 Å². The van der Waals surface area contributed by atoms with E-state index < -0.39 is 0 Å². The molecule has 2 aromatic rings. The van der Waals surface area contributed by atoms with Gasteiger partial charge in [0.15, 0.2) is 0 Å². The van der Waals surface area contributed by atoms with Gasteiger partial charge in [-0.2, -0.15) is 5.10 Å². The molecule has 8 heteroatoms. The van der Waals surface area contributed by atoms with Crippen LogP contribution in [0.2, 0.25) is 0 Å². The molecule has 0 bridgehead atoms. The number of carbonyl (C=O) groups is 1. The fourth-order valence-electron chi connectivity index (χ4n) is 2.72. The van der Waals surface area contributed by atoms with Gasteiger partial charge in [0, 0.05) is 30.0 Å². The summed E-state index contributed by atoms with van der Waals surface area (Å²) in [7, 11) is 0. The summed E-state index contributed by atoms with van der Waals surface area (Å²) >= 11 is 1.68. The number of fused-ring (bicyclic) bond motifs is 1. The molecule has 0 aliphatic carbocycles. The van der Waals surface area contributed by atoms with Crippen LogP contribution in [0.5, 0.6) is 0 Å². The van der Waals surface area contributed by atoms with Crippen molar-refractivity contribution in [3.8, 4) is 0 Å². The molecule has 2 N–H and O–H groups in total. The van der Waals surface area contributed by atoms with Gasteiger partial charge in [-0.05, 0) is 20.3 Å². The van der Waals surface area contributed by atoms with E-state index in [1.807, 2.05) is 24.7 Å². The Labute approximate surface area is 139 Å². The first-order valence-corrected chi connectivity index (χ1v) is 8.70.